The zero-order valence-corrected chi connectivity index (χ0v) is 13.9. The van der Waals surface area contributed by atoms with Crippen LogP contribution in [0.3, 0.4) is 0 Å². The molecule has 0 bridgehead atoms. The molecule has 3 rings (SSSR count). The molecule has 3 aromatic rings. The van der Waals surface area contributed by atoms with Crippen molar-refractivity contribution in [2.45, 2.75) is 6.18 Å². The molecule has 0 atom stereocenters. The molecule has 0 spiro atoms. The van der Waals surface area contributed by atoms with Crippen molar-refractivity contribution in [2.24, 2.45) is 0 Å². The minimum Gasteiger partial charge on any atom is -0.235 e. The van der Waals surface area contributed by atoms with Gasteiger partial charge in [-0.1, -0.05) is 18.2 Å². The van der Waals surface area contributed by atoms with E-state index in [-0.39, 0.29) is 17.0 Å². The third kappa shape index (κ3) is 3.81. The van der Waals surface area contributed by atoms with Gasteiger partial charge in [0, 0.05) is 10.9 Å². The first kappa shape index (κ1) is 17.8. The fraction of sp³-hybridized carbons (Fsp3) is 0.0526. The minimum absolute atomic E-state index is 0.0278. The number of nitriles is 1. The van der Waals surface area contributed by atoms with Crippen LogP contribution in [0.2, 0.25) is 0 Å². The molecule has 0 saturated carbocycles. The van der Waals surface area contributed by atoms with Crippen molar-refractivity contribution >= 4 is 23.0 Å². The molecule has 1 aromatic heterocycles. The predicted molar refractivity (Wildman–Crippen MR) is 92.4 cm³/mol. The van der Waals surface area contributed by atoms with E-state index in [1.807, 2.05) is 6.07 Å². The van der Waals surface area contributed by atoms with Gasteiger partial charge in [0.15, 0.2) is 0 Å². The number of nitrogens with zero attached hydrogens (tertiary/aromatic N) is 2. The maximum absolute atomic E-state index is 13.1. The van der Waals surface area contributed by atoms with Crippen LogP contribution in [0, 0.1) is 17.1 Å². The van der Waals surface area contributed by atoms with Gasteiger partial charge in [0.05, 0.1) is 16.8 Å². The molecule has 0 aliphatic carbocycles. The Balaban J connectivity index is 2.00. The molecule has 0 N–H and O–H groups in total. The van der Waals surface area contributed by atoms with Crippen LogP contribution < -0.4 is 0 Å². The Labute approximate surface area is 150 Å². The molecular formula is C19H10F4N2S. The van der Waals surface area contributed by atoms with Crippen LogP contribution in [-0.4, -0.2) is 4.98 Å². The van der Waals surface area contributed by atoms with Gasteiger partial charge in [-0.25, -0.2) is 9.37 Å². The molecule has 130 valence electrons. The number of hydrogen-bond acceptors (Lipinski definition) is 3. The lowest BCUT2D eigenvalue weighted by atomic mass is 10.0. The zero-order valence-electron chi connectivity index (χ0n) is 13.1. The zero-order chi connectivity index (χ0) is 18.7. The first-order chi connectivity index (χ1) is 12.4. The summed E-state index contributed by atoms with van der Waals surface area (Å²) in [6, 6.07) is 12.6. The summed E-state index contributed by atoms with van der Waals surface area (Å²) in [4.78, 5) is 4.29. The first-order valence-electron chi connectivity index (χ1n) is 7.38. The fourth-order valence-corrected chi connectivity index (χ4v) is 3.12. The van der Waals surface area contributed by atoms with E-state index in [0.29, 0.717) is 16.3 Å². The summed E-state index contributed by atoms with van der Waals surface area (Å²) in [5.41, 5.74) is 0.287. The number of allylic oxidation sites excluding steroid dienone is 1. The summed E-state index contributed by atoms with van der Waals surface area (Å²) in [5.74, 6) is -0.384. The number of hydrogen-bond donors (Lipinski definition) is 0. The summed E-state index contributed by atoms with van der Waals surface area (Å²) >= 11 is 1.14. The molecule has 0 amide bonds. The molecule has 0 fully saturated rings. The van der Waals surface area contributed by atoms with Gasteiger partial charge in [0.25, 0.3) is 0 Å². The fourth-order valence-electron chi connectivity index (χ4n) is 2.33. The van der Waals surface area contributed by atoms with Gasteiger partial charge < -0.3 is 0 Å². The summed E-state index contributed by atoms with van der Waals surface area (Å²) in [6.45, 7) is 0. The summed E-state index contributed by atoms with van der Waals surface area (Å²) < 4.78 is 52.3. The molecule has 0 aliphatic rings. The van der Waals surface area contributed by atoms with Crippen LogP contribution in [0.4, 0.5) is 17.6 Å². The average molecular weight is 374 g/mol. The van der Waals surface area contributed by atoms with Gasteiger partial charge in [0.1, 0.15) is 16.9 Å². The Morgan fingerprint density at radius 1 is 1.08 bits per heavy atom. The van der Waals surface area contributed by atoms with Crippen LogP contribution in [0.5, 0.6) is 0 Å². The van der Waals surface area contributed by atoms with E-state index in [9.17, 15) is 22.8 Å². The van der Waals surface area contributed by atoms with Crippen LogP contribution in [0.1, 0.15) is 16.1 Å². The Hall–Kier alpha value is -2.98. The molecular weight excluding hydrogens is 364 g/mol. The van der Waals surface area contributed by atoms with E-state index in [0.717, 1.165) is 17.4 Å². The van der Waals surface area contributed by atoms with Gasteiger partial charge in [-0.3, -0.25) is 0 Å². The van der Waals surface area contributed by atoms with E-state index in [1.165, 1.54) is 36.4 Å². The second-order valence-corrected chi connectivity index (χ2v) is 6.16. The Morgan fingerprint density at radius 2 is 1.77 bits per heavy atom. The van der Waals surface area contributed by atoms with Crippen LogP contribution in [-0.2, 0) is 6.18 Å². The molecule has 0 aliphatic heterocycles. The number of rotatable bonds is 3. The maximum Gasteiger partial charge on any atom is 0.416 e. The van der Waals surface area contributed by atoms with E-state index in [4.69, 9.17) is 0 Å². The van der Waals surface area contributed by atoms with Gasteiger partial charge in [-0.15, -0.1) is 11.3 Å². The smallest absolute Gasteiger partial charge is 0.235 e. The van der Waals surface area contributed by atoms with Gasteiger partial charge in [-0.05, 0) is 42.0 Å². The largest absolute Gasteiger partial charge is 0.416 e. The standard InChI is InChI=1S/C19H10F4N2S/c20-15-7-5-12(6-8-15)17-11-26-18(25-17)14(10-24)9-13-3-1-2-4-16(13)19(21,22)23/h1-9,11H/b14-9-. The summed E-state index contributed by atoms with van der Waals surface area (Å²) in [7, 11) is 0. The Bertz CT molecular complexity index is 995. The monoisotopic (exact) mass is 374 g/mol. The maximum atomic E-state index is 13.1. The first-order valence-corrected chi connectivity index (χ1v) is 8.26. The lowest BCUT2D eigenvalue weighted by Gasteiger charge is -2.09. The molecule has 2 aromatic carbocycles. The van der Waals surface area contributed by atoms with Crippen molar-refractivity contribution in [3.63, 3.8) is 0 Å². The number of benzene rings is 2. The quantitative estimate of drug-likeness (QED) is 0.414. The number of halogens is 4. The van der Waals surface area contributed by atoms with Crippen molar-refractivity contribution in [1.29, 1.82) is 5.26 Å². The topological polar surface area (TPSA) is 36.7 Å². The molecule has 1 heterocycles. The van der Waals surface area contributed by atoms with Crippen molar-refractivity contribution in [3.8, 4) is 17.3 Å². The summed E-state index contributed by atoms with van der Waals surface area (Å²) in [5, 5.41) is 11.3. The van der Waals surface area contributed by atoms with Crippen molar-refractivity contribution in [1.82, 2.24) is 4.98 Å². The molecule has 2 nitrogen and oxygen atoms in total. The van der Waals surface area contributed by atoms with Crippen molar-refractivity contribution in [3.05, 3.63) is 75.9 Å². The van der Waals surface area contributed by atoms with Gasteiger partial charge >= 0.3 is 6.18 Å². The van der Waals surface area contributed by atoms with E-state index in [1.54, 1.807) is 17.5 Å². The van der Waals surface area contributed by atoms with E-state index < -0.39 is 11.7 Å². The highest BCUT2D eigenvalue weighted by Gasteiger charge is 2.32. The van der Waals surface area contributed by atoms with Crippen molar-refractivity contribution < 1.29 is 17.6 Å². The van der Waals surface area contributed by atoms with E-state index in [2.05, 4.69) is 4.98 Å². The van der Waals surface area contributed by atoms with E-state index >= 15 is 0 Å². The van der Waals surface area contributed by atoms with Gasteiger partial charge in [0.2, 0.25) is 0 Å². The van der Waals surface area contributed by atoms with Crippen LogP contribution >= 0.6 is 11.3 Å². The predicted octanol–water partition coefficient (Wildman–Crippen LogP) is 6.03. The Kier molecular flexibility index (Phi) is 4.87. The normalized spacial score (nSPS) is 12.0. The molecule has 7 heteroatoms. The average Bonchev–Trinajstić information content (AvgIpc) is 3.09. The number of aromatic nitrogens is 1. The SMILES string of the molecule is N#C/C(=C/c1ccccc1C(F)(F)F)c1nc(-c2ccc(F)cc2)cs1. The number of alkyl halides is 3. The molecule has 0 radical (unpaired) electrons. The third-order valence-corrected chi connectivity index (χ3v) is 4.44. The van der Waals surface area contributed by atoms with Crippen LogP contribution in [0.25, 0.3) is 22.9 Å². The molecule has 26 heavy (non-hydrogen) atoms. The number of thiazole rings is 1. The third-order valence-electron chi connectivity index (χ3n) is 3.56. The Morgan fingerprint density at radius 3 is 2.42 bits per heavy atom. The highest BCUT2D eigenvalue weighted by molar-refractivity contribution is 7.11. The molecule has 0 saturated heterocycles. The second-order valence-electron chi connectivity index (χ2n) is 5.30. The highest BCUT2D eigenvalue weighted by Crippen LogP contribution is 2.34. The lowest BCUT2D eigenvalue weighted by Crippen LogP contribution is -2.07. The lowest BCUT2D eigenvalue weighted by molar-refractivity contribution is -0.137. The summed E-state index contributed by atoms with van der Waals surface area (Å²) in [6.07, 6.45) is -3.34. The molecule has 0 unspecified atom stereocenters. The van der Waals surface area contributed by atoms with Gasteiger partial charge in [-0.2, -0.15) is 18.4 Å². The van der Waals surface area contributed by atoms with Crippen LogP contribution in [0.15, 0.2) is 53.9 Å². The highest BCUT2D eigenvalue weighted by atomic mass is 32.1. The van der Waals surface area contributed by atoms with Crippen molar-refractivity contribution in [2.75, 3.05) is 0 Å². The minimum atomic E-state index is -4.52. The second kappa shape index (κ2) is 7.10.